The van der Waals surface area contributed by atoms with Crippen molar-refractivity contribution in [3.05, 3.63) is 88.6 Å². The Balaban J connectivity index is 1.63. The molecule has 0 saturated carbocycles. The van der Waals surface area contributed by atoms with Crippen molar-refractivity contribution in [3.8, 4) is 5.69 Å². The molecule has 4 rings (SSSR count). The molecular weight excluding hydrogens is 422 g/mol. The second kappa shape index (κ2) is 9.87. The molecule has 32 heavy (non-hydrogen) atoms. The molecule has 1 atom stereocenters. The van der Waals surface area contributed by atoms with Crippen molar-refractivity contribution in [2.45, 2.75) is 37.9 Å². The second-order valence-corrected chi connectivity index (χ2v) is 8.54. The van der Waals surface area contributed by atoms with Gasteiger partial charge in [-0.25, -0.2) is 4.98 Å². The van der Waals surface area contributed by atoms with Crippen LogP contribution in [0.1, 0.15) is 37.5 Å². The fourth-order valence-electron chi connectivity index (χ4n) is 3.40. The second-order valence-electron chi connectivity index (χ2n) is 7.60. The molecule has 2 aromatic carbocycles. The van der Waals surface area contributed by atoms with E-state index in [4.69, 9.17) is 9.40 Å². The average molecular weight is 448 g/mol. The van der Waals surface area contributed by atoms with E-state index in [0.717, 1.165) is 12.1 Å². The van der Waals surface area contributed by atoms with E-state index in [1.54, 1.807) is 29.0 Å². The lowest BCUT2D eigenvalue weighted by atomic mass is 9.98. The van der Waals surface area contributed by atoms with Crippen LogP contribution >= 0.6 is 11.8 Å². The van der Waals surface area contributed by atoms with Gasteiger partial charge in [0.25, 0.3) is 5.56 Å². The molecular formula is C25H25N3O3S. The largest absolute Gasteiger partial charge is 0.467 e. The number of carbonyl (C=O) groups is 1. The Labute approximate surface area is 190 Å². The summed E-state index contributed by atoms with van der Waals surface area (Å²) in [6.07, 6.45) is 2.62. The zero-order valence-electron chi connectivity index (χ0n) is 18.1. The summed E-state index contributed by atoms with van der Waals surface area (Å²) in [5, 5.41) is 3.85. The molecule has 0 spiro atoms. The van der Waals surface area contributed by atoms with Crippen LogP contribution in [0.15, 0.2) is 81.3 Å². The van der Waals surface area contributed by atoms with Crippen LogP contribution in [0.4, 0.5) is 0 Å². The van der Waals surface area contributed by atoms with Gasteiger partial charge in [0, 0.05) is 0 Å². The maximum atomic E-state index is 13.3. The first-order valence-electron chi connectivity index (χ1n) is 10.6. The number of rotatable bonds is 8. The molecule has 0 saturated heterocycles. The van der Waals surface area contributed by atoms with Gasteiger partial charge >= 0.3 is 0 Å². The minimum atomic E-state index is -0.160. The third-order valence-corrected chi connectivity index (χ3v) is 6.39. The number of fused-ring (bicyclic) bond motifs is 1. The van der Waals surface area contributed by atoms with E-state index in [9.17, 15) is 9.59 Å². The first-order chi connectivity index (χ1) is 15.6. The van der Waals surface area contributed by atoms with E-state index in [1.165, 1.54) is 17.3 Å². The number of thioether (sulfide) groups is 1. The molecule has 1 N–H and O–H groups in total. The van der Waals surface area contributed by atoms with Crippen molar-refractivity contribution in [2.75, 3.05) is 5.75 Å². The van der Waals surface area contributed by atoms with Crippen LogP contribution in [0.2, 0.25) is 0 Å². The minimum absolute atomic E-state index is 0.135. The van der Waals surface area contributed by atoms with Crippen LogP contribution in [0.3, 0.4) is 0 Å². The van der Waals surface area contributed by atoms with Crippen LogP contribution in [0.25, 0.3) is 16.6 Å². The van der Waals surface area contributed by atoms with Gasteiger partial charge in [-0.1, -0.05) is 49.9 Å². The van der Waals surface area contributed by atoms with E-state index < -0.39 is 0 Å². The van der Waals surface area contributed by atoms with Gasteiger partial charge in [0.05, 0.1) is 35.2 Å². The van der Waals surface area contributed by atoms with Crippen molar-refractivity contribution in [1.82, 2.24) is 14.9 Å². The van der Waals surface area contributed by atoms with Crippen LogP contribution in [0, 0.1) is 0 Å². The smallest absolute Gasteiger partial charge is 0.266 e. The molecule has 0 aliphatic heterocycles. The molecule has 0 fully saturated rings. The standard InChI is InChI=1S/C25H25N3O3S/c1-3-17(2)18-10-12-19(13-11-18)28-24(30)21-8-4-5-9-22(21)27-25(28)32-16-23(29)26-15-20-7-6-14-31-20/h4-14,17H,3,15-16H2,1-2H3,(H,26,29). The van der Waals surface area contributed by atoms with Crippen molar-refractivity contribution >= 4 is 28.6 Å². The number of para-hydroxylation sites is 1. The van der Waals surface area contributed by atoms with Crippen molar-refractivity contribution in [1.29, 1.82) is 0 Å². The number of amides is 1. The Morgan fingerprint density at radius 3 is 2.62 bits per heavy atom. The van der Waals surface area contributed by atoms with Crippen molar-refractivity contribution in [2.24, 2.45) is 0 Å². The fraction of sp³-hybridized carbons (Fsp3) is 0.240. The summed E-state index contributed by atoms with van der Waals surface area (Å²) in [7, 11) is 0. The van der Waals surface area contributed by atoms with Crippen LogP contribution in [-0.4, -0.2) is 21.2 Å². The highest BCUT2D eigenvalue weighted by atomic mass is 32.2. The van der Waals surface area contributed by atoms with Gasteiger partial charge in [-0.15, -0.1) is 0 Å². The minimum Gasteiger partial charge on any atom is -0.467 e. The fourth-order valence-corrected chi connectivity index (χ4v) is 4.25. The molecule has 6 nitrogen and oxygen atoms in total. The third kappa shape index (κ3) is 4.78. The van der Waals surface area contributed by atoms with Crippen LogP contribution in [0.5, 0.6) is 0 Å². The molecule has 0 aliphatic rings. The molecule has 0 radical (unpaired) electrons. The number of benzene rings is 2. The summed E-state index contributed by atoms with van der Waals surface area (Å²) < 4.78 is 6.83. The Morgan fingerprint density at radius 1 is 1.12 bits per heavy atom. The SMILES string of the molecule is CCC(C)c1ccc(-n2c(SCC(=O)NCc3ccco3)nc3ccccc3c2=O)cc1. The molecule has 4 aromatic rings. The number of carbonyl (C=O) groups excluding carboxylic acids is 1. The van der Waals surface area contributed by atoms with Gasteiger partial charge in [-0.05, 0) is 54.3 Å². The Bertz CT molecular complexity index is 1260. The molecule has 2 heterocycles. The highest BCUT2D eigenvalue weighted by Crippen LogP contribution is 2.24. The van der Waals surface area contributed by atoms with Gasteiger partial charge in [-0.3, -0.25) is 14.2 Å². The summed E-state index contributed by atoms with van der Waals surface area (Å²) in [6, 6.07) is 18.8. The number of hydrogen-bond donors (Lipinski definition) is 1. The van der Waals surface area contributed by atoms with E-state index >= 15 is 0 Å². The van der Waals surface area contributed by atoms with E-state index in [2.05, 4.69) is 31.3 Å². The molecule has 164 valence electrons. The lowest BCUT2D eigenvalue weighted by Crippen LogP contribution is -2.26. The van der Waals surface area contributed by atoms with Crippen LogP contribution in [-0.2, 0) is 11.3 Å². The molecule has 0 aliphatic carbocycles. The summed E-state index contributed by atoms with van der Waals surface area (Å²) >= 11 is 1.24. The number of hydrogen-bond acceptors (Lipinski definition) is 5. The predicted octanol–water partition coefficient (Wildman–Crippen LogP) is 4.90. The highest BCUT2D eigenvalue weighted by molar-refractivity contribution is 7.99. The lowest BCUT2D eigenvalue weighted by molar-refractivity contribution is -0.118. The van der Waals surface area contributed by atoms with Gasteiger partial charge in [0.2, 0.25) is 5.91 Å². The molecule has 0 bridgehead atoms. The van der Waals surface area contributed by atoms with Gasteiger partial charge in [-0.2, -0.15) is 0 Å². The normalized spacial score (nSPS) is 12.1. The Morgan fingerprint density at radius 2 is 1.91 bits per heavy atom. The van der Waals surface area contributed by atoms with Crippen LogP contribution < -0.4 is 10.9 Å². The van der Waals surface area contributed by atoms with E-state index in [-0.39, 0.29) is 17.2 Å². The maximum Gasteiger partial charge on any atom is 0.266 e. The quantitative estimate of drug-likeness (QED) is 0.307. The number of furan rings is 1. The molecule has 1 unspecified atom stereocenters. The highest BCUT2D eigenvalue weighted by Gasteiger charge is 2.15. The number of aromatic nitrogens is 2. The van der Waals surface area contributed by atoms with Crippen molar-refractivity contribution in [3.63, 3.8) is 0 Å². The summed E-state index contributed by atoms with van der Waals surface area (Å²) in [5.74, 6) is 1.11. The molecule has 7 heteroatoms. The topological polar surface area (TPSA) is 77.1 Å². The monoisotopic (exact) mass is 447 g/mol. The van der Waals surface area contributed by atoms with Gasteiger partial charge in [0.1, 0.15) is 5.76 Å². The third-order valence-electron chi connectivity index (χ3n) is 5.45. The predicted molar refractivity (Wildman–Crippen MR) is 127 cm³/mol. The average Bonchev–Trinajstić information content (AvgIpc) is 3.35. The van der Waals surface area contributed by atoms with Gasteiger partial charge in [0.15, 0.2) is 5.16 Å². The zero-order valence-corrected chi connectivity index (χ0v) is 18.9. The van der Waals surface area contributed by atoms with E-state index in [0.29, 0.717) is 34.3 Å². The summed E-state index contributed by atoms with van der Waals surface area (Å²) in [6.45, 7) is 4.66. The van der Waals surface area contributed by atoms with E-state index in [1.807, 2.05) is 30.3 Å². The lowest BCUT2D eigenvalue weighted by Gasteiger charge is -2.15. The Hall–Kier alpha value is -3.32. The zero-order chi connectivity index (χ0) is 22.5. The number of nitrogens with zero attached hydrogens (tertiary/aromatic N) is 2. The first-order valence-corrected chi connectivity index (χ1v) is 11.6. The Kier molecular flexibility index (Phi) is 6.75. The first kappa shape index (κ1) is 21.9. The van der Waals surface area contributed by atoms with Gasteiger partial charge < -0.3 is 9.73 Å². The molecule has 2 aromatic heterocycles. The number of nitrogens with one attached hydrogen (secondary N) is 1. The molecule has 1 amide bonds. The van der Waals surface area contributed by atoms with Crippen molar-refractivity contribution < 1.29 is 9.21 Å². The summed E-state index contributed by atoms with van der Waals surface area (Å²) in [4.78, 5) is 30.4. The maximum absolute atomic E-state index is 13.3. The summed E-state index contributed by atoms with van der Waals surface area (Å²) in [5.41, 5.74) is 2.43.